The molecule has 2 aromatic carbocycles. The Morgan fingerprint density at radius 3 is 2.00 bits per heavy atom. The molecular weight excluding hydrogens is 352 g/mol. The minimum Gasteiger partial charge on any atom is -0.507 e. The van der Waals surface area contributed by atoms with Crippen LogP contribution < -0.4 is 18.9 Å². The van der Waals surface area contributed by atoms with E-state index in [1.807, 2.05) is 0 Å². The second-order valence-electron chi connectivity index (χ2n) is 5.74. The molecule has 1 unspecified atom stereocenters. The third kappa shape index (κ3) is 3.97. The number of methoxy groups -OCH3 is 4. The van der Waals surface area contributed by atoms with Crippen LogP contribution in [-0.4, -0.2) is 45.1 Å². The van der Waals surface area contributed by atoms with Crippen molar-refractivity contribution in [3.63, 3.8) is 0 Å². The van der Waals surface area contributed by atoms with Crippen molar-refractivity contribution in [2.75, 3.05) is 28.4 Å². The Labute approximate surface area is 157 Å². The van der Waals surface area contributed by atoms with E-state index in [4.69, 9.17) is 18.9 Å². The van der Waals surface area contributed by atoms with Crippen LogP contribution in [0.1, 0.15) is 27.6 Å². The minimum atomic E-state index is -1.05. The van der Waals surface area contributed by atoms with Crippen LogP contribution in [0.3, 0.4) is 0 Å². The molecule has 0 heterocycles. The summed E-state index contributed by atoms with van der Waals surface area (Å²) in [6.07, 6.45) is 0. The SMILES string of the molecule is COc1cc(O)c(C(=O)C(C)C(=O)c2ccc(OC)c(OC)c2)c(OC)c1. The Morgan fingerprint density at radius 1 is 0.815 bits per heavy atom. The maximum Gasteiger partial charge on any atom is 0.180 e. The Bertz CT molecular complexity index is 858. The van der Waals surface area contributed by atoms with Crippen LogP contribution in [0.25, 0.3) is 0 Å². The number of phenols is 1. The number of Topliss-reactive ketones (excluding diaryl/α,β-unsaturated/α-hetero) is 2. The molecule has 0 aliphatic carbocycles. The van der Waals surface area contributed by atoms with E-state index in [1.165, 1.54) is 53.6 Å². The van der Waals surface area contributed by atoms with Gasteiger partial charge in [0.2, 0.25) is 0 Å². The average Bonchev–Trinajstić information content (AvgIpc) is 2.70. The summed E-state index contributed by atoms with van der Waals surface area (Å²) >= 11 is 0. The van der Waals surface area contributed by atoms with Crippen molar-refractivity contribution in [2.24, 2.45) is 5.92 Å². The molecule has 2 aromatic rings. The lowest BCUT2D eigenvalue weighted by Crippen LogP contribution is -2.22. The van der Waals surface area contributed by atoms with Crippen LogP contribution >= 0.6 is 0 Å². The molecule has 1 atom stereocenters. The van der Waals surface area contributed by atoms with Gasteiger partial charge in [0.1, 0.15) is 22.8 Å². The molecule has 0 aliphatic heterocycles. The van der Waals surface area contributed by atoms with E-state index in [0.29, 0.717) is 22.8 Å². The van der Waals surface area contributed by atoms with E-state index in [-0.39, 0.29) is 17.1 Å². The molecule has 0 amide bonds. The number of carbonyl (C=O) groups is 2. The molecule has 0 radical (unpaired) electrons. The molecule has 7 heteroatoms. The molecule has 0 saturated carbocycles. The van der Waals surface area contributed by atoms with Gasteiger partial charge in [-0.05, 0) is 25.1 Å². The van der Waals surface area contributed by atoms with Gasteiger partial charge in [-0.15, -0.1) is 0 Å². The predicted octanol–water partition coefficient (Wildman–Crippen LogP) is 3.13. The zero-order valence-electron chi connectivity index (χ0n) is 15.9. The number of hydrogen-bond acceptors (Lipinski definition) is 7. The first kappa shape index (κ1) is 20.1. The maximum atomic E-state index is 12.9. The van der Waals surface area contributed by atoms with Gasteiger partial charge in [0.25, 0.3) is 0 Å². The van der Waals surface area contributed by atoms with Crippen molar-refractivity contribution in [3.8, 4) is 28.7 Å². The summed E-state index contributed by atoms with van der Waals surface area (Å²) in [6.45, 7) is 1.48. The maximum absolute atomic E-state index is 12.9. The van der Waals surface area contributed by atoms with Crippen LogP contribution in [0.4, 0.5) is 0 Å². The summed E-state index contributed by atoms with van der Waals surface area (Å²) in [5.74, 6) is -1.02. The molecule has 2 rings (SSSR count). The molecule has 0 spiro atoms. The van der Waals surface area contributed by atoms with Crippen molar-refractivity contribution in [2.45, 2.75) is 6.92 Å². The quantitative estimate of drug-likeness (QED) is 0.561. The fraction of sp³-hybridized carbons (Fsp3) is 0.300. The minimum absolute atomic E-state index is 0.0698. The van der Waals surface area contributed by atoms with Crippen molar-refractivity contribution < 1.29 is 33.6 Å². The highest BCUT2D eigenvalue weighted by Gasteiger charge is 2.29. The highest BCUT2D eigenvalue weighted by Crippen LogP contribution is 2.36. The summed E-state index contributed by atoms with van der Waals surface area (Å²) in [4.78, 5) is 25.7. The third-order valence-electron chi connectivity index (χ3n) is 4.21. The molecule has 0 fully saturated rings. The van der Waals surface area contributed by atoms with E-state index >= 15 is 0 Å². The van der Waals surface area contributed by atoms with E-state index < -0.39 is 17.5 Å². The summed E-state index contributed by atoms with van der Waals surface area (Å²) in [5.41, 5.74) is 0.222. The smallest absolute Gasteiger partial charge is 0.180 e. The highest BCUT2D eigenvalue weighted by atomic mass is 16.5. The van der Waals surface area contributed by atoms with Gasteiger partial charge in [0.05, 0.1) is 34.4 Å². The number of phenolic OH excluding ortho intramolecular Hbond substituents is 1. The number of ether oxygens (including phenoxy) is 4. The molecular formula is C20H22O7. The lowest BCUT2D eigenvalue weighted by molar-refractivity contribution is 0.0817. The van der Waals surface area contributed by atoms with Gasteiger partial charge in [-0.1, -0.05) is 0 Å². The first-order valence-corrected chi connectivity index (χ1v) is 8.13. The van der Waals surface area contributed by atoms with E-state index in [0.717, 1.165) is 0 Å². The summed E-state index contributed by atoms with van der Waals surface area (Å²) < 4.78 is 20.6. The number of carbonyl (C=O) groups excluding carboxylic acids is 2. The molecule has 0 saturated heterocycles. The molecule has 0 aliphatic rings. The van der Waals surface area contributed by atoms with E-state index in [2.05, 4.69) is 0 Å². The second-order valence-corrected chi connectivity index (χ2v) is 5.74. The Kier molecular flexibility index (Phi) is 6.28. The van der Waals surface area contributed by atoms with Gasteiger partial charge in [-0.3, -0.25) is 9.59 Å². The van der Waals surface area contributed by atoms with Crippen LogP contribution in [0.5, 0.6) is 28.7 Å². The standard InChI is InChI=1S/C20H22O7/c1-11(19(22)12-6-7-15(25-3)16(8-12)26-4)20(23)18-14(21)9-13(24-2)10-17(18)27-5/h6-11,21H,1-5H3. The third-order valence-corrected chi connectivity index (χ3v) is 4.21. The number of ketones is 2. The Hall–Kier alpha value is -3.22. The summed E-state index contributed by atoms with van der Waals surface area (Å²) in [6, 6.07) is 7.42. The molecule has 0 bridgehead atoms. The topological polar surface area (TPSA) is 91.3 Å². The van der Waals surface area contributed by atoms with Gasteiger partial charge in [-0.2, -0.15) is 0 Å². The largest absolute Gasteiger partial charge is 0.507 e. The zero-order valence-corrected chi connectivity index (χ0v) is 15.9. The molecule has 144 valence electrons. The molecule has 1 N–H and O–H groups in total. The fourth-order valence-electron chi connectivity index (χ4n) is 2.68. The first-order chi connectivity index (χ1) is 12.9. The molecule has 7 nitrogen and oxygen atoms in total. The normalized spacial score (nSPS) is 11.4. The van der Waals surface area contributed by atoms with Gasteiger partial charge < -0.3 is 24.1 Å². The van der Waals surface area contributed by atoms with Crippen LogP contribution in [0.2, 0.25) is 0 Å². The number of hydrogen-bond donors (Lipinski definition) is 1. The summed E-state index contributed by atoms with van der Waals surface area (Å²) in [7, 11) is 5.75. The average molecular weight is 374 g/mol. The van der Waals surface area contributed by atoms with Crippen LogP contribution in [0.15, 0.2) is 30.3 Å². The van der Waals surface area contributed by atoms with Crippen molar-refractivity contribution in [1.29, 1.82) is 0 Å². The fourth-order valence-corrected chi connectivity index (χ4v) is 2.68. The first-order valence-electron chi connectivity index (χ1n) is 8.13. The predicted molar refractivity (Wildman–Crippen MR) is 98.6 cm³/mol. The van der Waals surface area contributed by atoms with Crippen LogP contribution in [0, 0.1) is 5.92 Å². The number of rotatable bonds is 8. The monoisotopic (exact) mass is 374 g/mol. The van der Waals surface area contributed by atoms with E-state index in [9.17, 15) is 14.7 Å². The molecule has 0 aromatic heterocycles. The zero-order chi connectivity index (χ0) is 20.1. The highest BCUT2D eigenvalue weighted by molar-refractivity contribution is 6.17. The van der Waals surface area contributed by atoms with Gasteiger partial charge in [0, 0.05) is 17.7 Å². The lowest BCUT2D eigenvalue weighted by Gasteiger charge is -2.16. The lowest BCUT2D eigenvalue weighted by atomic mass is 9.90. The summed E-state index contributed by atoms with van der Waals surface area (Å²) in [5, 5.41) is 10.2. The van der Waals surface area contributed by atoms with Gasteiger partial charge in [-0.25, -0.2) is 0 Å². The van der Waals surface area contributed by atoms with Crippen molar-refractivity contribution in [1.82, 2.24) is 0 Å². The Morgan fingerprint density at radius 2 is 1.44 bits per heavy atom. The van der Waals surface area contributed by atoms with Gasteiger partial charge >= 0.3 is 0 Å². The van der Waals surface area contributed by atoms with Crippen molar-refractivity contribution >= 4 is 11.6 Å². The second kappa shape index (κ2) is 8.44. The van der Waals surface area contributed by atoms with Crippen LogP contribution in [-0.2, 0) is 0 Å². The number of aromatic hydroxyl groups is 1. The van der Waals surface area contributed by atoms with Crippen molar-refractivity contribution in [3.05, 3.63) is 41.5 Å². The molecule has 27 heavy (non-hydrogen) atoms. The Balaban J connectivity index is 2.39. The van der Waals surface area contributed by atoms with E-state index in [1.54, 1.807) is 12.1 Å². The van der Waals surface area contributed by atoms with Gasteiger partial charge in [0.15, 0.2) is 23.1 Å². The number of benzene rings is 2.